The number of hydrogen-bond donors (Lipinski definition) is 1. The Hall–Kier alpha value is -1.28. The lowest BCUT2D eigenvalue weighted by atomic mass is 10.1. The molecule has 0 radical (unpaired) electrons. The Balaban J connectivity index is 3.04. The fourth-order valence-electron chi connectivity index (χ4n) is 1.18. The molecule has 0 fully saturated rings. The third kappa shape index (κ3) is 2.33. The van der Waals surface area contributed by atoms with Crippen LogP contribution in [0.25, 0.3) is 5.57 Å². The second kappa shape index (κ2) is 4.67. The van der Waals surface area contributed by atoms with Crippen LogP contribution in [0.5, 0.6) is 0 Å². The molecule has 0 aliphatic rings. The van der Waals surface area contributed by atoms with E-state index in [0.717, 1.165) is 5.69 Å². The smallest absolute Gasteiger partial charge is 0.0679 e. The molecule has 1 aromatic rings. The number of nitrogens with one attached hydrogen (secondary N) is 1. The third-order valence-electron chi connectivity index (χ3n) is 2.00. The Morgan fingerprint density at radius 2 is 2.08 bits per heavy atom. The predicted octanol–water partition coefficient (Wildman–Crippen LogP) is 3.08. The van der Waals surface area contributed by atoms with Crippen molar-refractivity contribution < 1.29 is 4.84 Å². The van der Waals surface area contributed by atoms with Crippen LogP contribution in [-0.4, -0.2) is 7.11 Å². The van der Waals surface area contributed by atoms with Crippen LogP contribution >= 0.6 is 0 Å². The summed E-state index contributed by atoms with van der Waals surface area (Å²) in [7, 11) is 1.61. The molecular formula is C11H15NO. The molecule has 2 nitrogen and oxygen atoms in total. The zero-order chi connectivity index (χ0) is 9.68. The van der Waals surface area contributed by atoms with E-state index < -0.39 is 0 Å². The Labute approximate surface area is 79.2 Å². The van der Waals surface area contributed by atoms with E-state index in [-0.39, 0.29) is 0 Å². The summed E-state index contributed by atoms with van der Waals surface area (Å²) >= 11 is 0. The molecule has 0 aromatic heterocycles. The number of benzene rings is 1. The first kappa shape index (κ1) is 9.81. The standard InChI is InChI=1S/C11H15NO/c1-4-9(2)10-7-5-6-8-11(10)12-13-3/h4-8,12H,1-3H3/b9-4-. The average molecular weight is 177 g/mol. The Kier molecular flexibility index (Phi) is 3.53. The SMILES string of the molecule is C/C=C(/C)c1ccccc1NOC. The van der Waals surface area contributed by atoms with Gasteiger partial charge in [-0.15, -0.1) is 0 Å². The van der Waals surface area contributed by atoms with Gasteiger partial charge < -0.3 is 0 Å². The predicted molar refractivity (Wildman–Crippen MR) is 56.4 cm³/mol. The number of para-hydroxylation sites is 1. The van der Waals surface area contributed by atoms with Crippen LogP contribution in [0.3, 0.4) is 0 Å². The molecule has 1 N–H and O–H groups in total. The van der Waals surface area contributed by atoms with Crippen molar-refractivity contribution in [2.75, 3.05) is 12.6 Å². The van der Waals surface area contributed by atoms with Gasteiger partial charge in [-0.3, -0.25) is 10.3 Å². The summed E-state index contributed by atoms with van der Waals surface area (Å²) in [5.74, 6) is 0. The van der Waals surface area contributed by atoms with Crippen molar-refractivity contribution in [3.05, 3.63) is 35.9 Å². The van der Waals surface area contributed by atoms with Crippen molar-refractivity contribution in [1.29, 1.82) is 0 Å². The minimum atomic E-state index is 1.00. The molecule has 0 spiro atoms. The zero-order valence-corrected chi connectivity index (χ0v) is 8.29. The first-order valence-electron chi connectivity index (χ1n) is 4.31. The third-order valence-corrected chi connectivity index (χ3v) is 2.00. The lowest BCUT2D eigenvalue weighted by Gasteiger charge is -2.09. The van der Waals surface area contributed by atoms with Gasteiger partial charge >= 0.3 is 0 Å². The lowest BCUT2D eigenvalue weighted by molar-refractivity contribution is 0.271. The van der Waals surface area contributed by atoms with E-state index in [0.29, 0.717) is 0 Å². The zero-order valence-electron chi connectivity index (χ0n) is 8.29. The van der Waals surface area contributed by atoms with Gasteiger partial charge in [0, 0.05) is 5.56 Å². The van der Waals surface area contributed by atoms with E-state index in [1.165, 1.54) is 11.1 Å². The van der Waals surface area contributed by atoms with Crippen molar-refractivity contribution >= 4 is 11.3 Å². The Morgan fingerprint density at radius 3 is 2.69 bits per heavy atom. The molecule has 0 atom stereocenters. The van der Waals surface area contributed by atoms with Crippen molar-refractivity contribution in [1.82, 2.24) is 0 Å². The largest absolute Gasteiger partial charge is 0.279 e. The molecule has 2 heteroatoms. The number of anilines is 1. The van der Waals surface area contributed by atoms with Crippen LogP contribution in [0, 0.1) is 0 Å². The number of rotatable bonds is 3. The second-order valence-corrected chi connectivity index (χ2v) is 2.82. The van der Waals surface area contributed by atoms with Gasteiger partial charge in [0.25, 0.3) is 0 Å². The molecule has 13 heavy (non-hydrogen) atoms. The minimum Gasteiger partial charge on any atom is -0.279 e. The highest BCUT2D eigenvalue weighted by Gasteiger charge is 2.00. The van der Waals surface area contributed by atoms with Gasteiger partial charge in [0.05, 0.1) is 12.8 Å². The minimum absolute atomic E-state index is 1.00. The van der Waals surface area contributed by atoms with Crippen molar-refractivity contribution in [2.45, 2.75) is 13.8 Å². The summed E-state index contributed by atoms with van der Waals surface area (Å²) in [4.78, 5) is 4.89. The number of allylic oxidation sites excluding steroid dienone is 2. The van der Waals surface area contributed by atoms with Crippen LogP contribution in [-0.2, 0) is 4.84 Å². The highest BCUT2D eigenvalue weighted by Crippen LogP contribution is 2.22. The van der Waals surface area contributed by atoms with E-state index in [1.807, 2.05) is 25.1 Å². The second-order valence-electron chi connectivity index (χ2n) is 2.82. The lowest BCUT2D eigenvalue weighted by Crippen LogP contribution is -1.98. The molecule has 0 heterocycles. The van der Waals surface area contributed by atoms with E-state index >= 15 is 0 Å². The maximum atomic E-state index is 4.89. The molecule has 1 rings (SSSR count). The number of hydrogen-bond acceptors (Lipinski definition) is 2. The highest BCUT2D eigenvalue weighted by molar-refractivity contribution is 5.74. The molecule has 1 aromatic carbocycles. The van der Waals surface area contributed by atoms with E-state index in [2.05, 4.69) is 24.5 Å². The van der Waals surface area contributed by atoms with Crippen molar-refractivity contribution in [3.8, 4) is 0 Å². The van der Waals surface area contributed by atoms with E-state index in [1.54, 1.807) is 7.11 Å². The van der Waals surface area contributed by atoms with Crippen LogP contribution in [0.4, 0.5) is 5.69 Å². The first-order chi connectivity index (χ1) is 6.29. The van der Waals surface area contributed by atoms with Crippen LogP contribution in [0.1, 0.15) is 19.4 Å². The van der Waals surface area contributed by atoms with E-state index in [9.17, 15) is 0 Å². The summed E-state index contributed by atoms with van der Waals surface area (Å²) in [5.41, 5.74) is 6.26. The maximum Gasteiger partial charge on any atom is 0.0679 e. The molecule has 0 amide bonds. The van der Waals surface area contributed by atoms with Crippen molar-refractivity contribution in [2.24, 2.45) is 0 Å². The Morgan fingerprint density at radius 1 is 1.38 bits per heavy atom. The monoisotopic (exact) mass is 177 g/mol. The molecule has 0 bridgehead atoms. The average Bonchev–Trinajstić information content (AvgIpc) is 2.18. The molecule has 0 unspecified atom stereocenters. The molecule has 70 valence electrons. The van der Waals surface area contributed by atoms with Crippen molar-refractivity contribution in [3.63, 3.8) is 0 Å². The van der Waals surface area contributed by atoms with E-state index in [4.69, 9.17) is 4.84 Å². The van der Waals surface area contributed by atoms with Gasteiger partial charge in [0.2, 0.25) is 0 Å². The summed E-state index contributed by atoms with van der Waals surface area (Å²) in [6.45, 7) is 4.11. The van der Waals surface area contributed by atoms with Crippen LogP contribution in [0.15, 0.2) is 30.3 Å². The quantitative estimate of drug-likeness (QED) is 0.716. The Bertz CT molecular complexity index is 305. The summed E-state index contributed by atoms with van der Waals surface area (Å²) in [5, 5.41) is 0. The topological polar surface area (TPSA) is 21.3 Å². The van der Waals surface area contributed by atoms with Gasteiger partial charge in [0.1, 0.15) is 0 Å². The fourth-order valence-corrected chi connectivity index (χ4v) is 1.18. The molecular weight excluding hydrogens is 162 g/mol. The molecule has 0 aliphatic carbocycles. The first-order valence-corrected chi connectivity index (χ1v) is 4.31. The van der Waals surface area contributed by atoms with Gasteiger partial charge in [-0.05, 0) is 25.5 Å². The van der Waals surface area contributed by atoms with Gasteiger partial charge in [-0.1, -0.05) is 24.3 Å². The molecule has 0 saturated carbocycles. The normalized spacial score (nSPS) is 11.5. The summed E-state index contributed by atoms with van der Waals surface area (Å²) in [6.07, 6.45) is 2.08. The molecule has 0 saturated heterocycles. The maximum absolute atomic E-state index is 4.89. The van der Waals surface area contributed by atoms with Crippen LogP contribution in [0.2, 0.25) is 0 Å². The van der Waals surface area contributed by atoms with Gasteiger partial charge in [-0.2, -0.15) is 0 Å². The fraction of sp³-hybridized carbons (Fsp3) is 0.273. The van der Waals surface area contributed by atoms with Gasteiger partial charge in [0.15, 0.2) is 0 Å². The van der Waals surface area contributed by atoms with Gasteiger partial charge in [-0.25, -0.2) is 0 Å². The highest BCUT2D eigenvalue weighted by atomic mass is 16.6. The summed E-state index contributed by atoms with van der Waals surface area (Å²) < 4.78 is 0. The summed E-state index contributed by atoms with van der Waals surface area (Å²) in [6, 6.07) is 8.06. The molecule has 0 aliphatic heterocycles. The van der Waals surface area contributed by atoms with Crippen LogP contribution < -0.4 is 5.48 Å².